The van der Waals surface area contributed by atoms with Crippen molar-refractivity contribution in [3.63, 3.8) is 0 Å². The summed E-state index contributed by atoms with van der Waals surface area (Å²) in [4.78, 5) is 17.0. The van der Waals surface area contributed by atoms with Crippen LogP contribution in [0.15, 0.2) is 0 Å². The number of hydrogen-bond acceptors (Lipinski definition) is 3. The van der Waals surface area contributed by atoms with Gasteiger partial charge in [0, 0.05) is 19.1 Å². The van der Waals surface area contributed by atoms with Crippen molar-refractivity contribution in [2.75, 3.05) is 33.2 Å². The molecule has 2 rings (SSSR count). The van der Waals surface area contributed by atoms with Gasteiger partial charge in [0.2, 0.25) is 5.91 Å². The second-order valence-corrected chi connectivity index (χ2v) is 6.01. The average Bonchev–Trinajstić information content (AvgIpc) is 2.75. The van der Waals surface area contributed by atoms with Gasteiger partial charge in [0.1, 0.15) is 0 Å². The van der Waals surface area contributed by atoms with Crippen LogP contribution < -0.4 is 5.32 Å². The molecular weight excluding hydrogens is 238 g/mol. The molecule has 2 saturated heterocycles. The zero-order valence-corrected chi connectivity index (χ0v) is 12.5. The summed E-state index contributed by atoms with van der Waals surface area (Å²) < 4.78 is 0. The van der Waals surface area contributed by atoms with Gasteiger partial charge in [-0.05, 0) is 52.7 Å². The van der Waals surface area contributed by atoms with E-state index in [1.165, 1.54) is 25.7 Å². The Morgan fingerprint density at radius 3 is 2.16 bits per heavy atom. The molecule has 2 aliphatic rings. The lowest BCUT2D eigenvalue weighted by Gasteiger charge is -2.36. The lowest BCUT2D eigenvalue weighted by molar-refractivity contribution is -0.137. The minimum Gasteiger partial charge on any atom is -0.341 e. The molecule has 0 radical (unpaired) electrons. The summed E-state index contributed by atoms with van der Waals surface area (Å²) >= 11 is 0. The Bertz CT molecular complexity index is 279. The van der Waals surface area contributed by atoms with E-state index in [-0.39, 0.29) is 6.04 Å². The van der Waals surface area contributed by atoms with Crippen LogP contribution in [0, 0.1) is 0 Å². The molecule has 19 heavy (non-hydrogen) atoms. The Morgan fingerprint density at radius 1 is 1.05 bits per heavy atom. The highest BCUT2D eigenvalue weighted by molar-refractivity contribution is 5.81. The van der Waals surface area contributed by atoms with Gasteiger partial charge in [0.25, 0.3) is 0 Å². The molecule has 2 aliphatic heterocycles. The molecule has 0 bridgehead atoms. The normalized spacial score (nSPS) is 25.1. The van der Waals surface area contributed by atoms with Gasteiger partial charge in [0.15, 0.2) is 0 Å². The maximum atomic E-state index is 12.6. The first-order chi connectivity index (χ1) is 9.22. The topological polar surface area (TPSA) is 35.6 Å². The minimum absolute atomic E-state index is 0.0734. The summed E-state index contributed by atoms with van der Waals surface area (Å²) in [6.45, 7) is 6.13. The predicted molar refractivity (Wildman–Crippen MR) is 78.2 cm³/mol. The fraction of sp³-hybridized carbons (Fsp3) is 0.933. The van der Waals surface area contributed by atoms with E-state index in [1.54, 1.807) is 0 Å². The number of hydrogen-bond donors (Lipinski definition) is 1. The zero-order valence-electron chi connectivity index (χ0n) is 12.5. The second kappa shape index (κ2) is 7.25. The Morgan fingerprint density at radius 2 is 1.63 bits per heavy atom. The molecule has 1 amide bonds. The number of nitrogens with one attached hydrogen (secondary N) is 1. The van der Waals surface area contributed by atoms with Crippen LogP contribution in [0.3, 0.4) is 0 Å². The summed E-state index contributed by atoms with van der Waals surface area (Å²) in [6.07, 6.45) is 7.33. The van der Waals surface area contributed by atoms with E-state index in [1.807, 2.05) is 7.05 Å². The second-order valence-electron chi connectivity index (χ2n) is 6.01. The summed E-state index contributed by atoms with van der Waals surface area (Å²) in [5.41, 5.74) is 0. The molecule has 1 N–H and O–H groups in total. The first-order valence-electron chi connectivity index (χ1n) is 7.92. The molecule has 4 nitrogen and oxygen atoms in total. The Balaban J connectivity index is 1.84. The molecule has 1 atom stereocenters. The molecule has 1 unspecified atom stereocenters. The molecule has 2 heterocycles. The zero-order chi connectivity index (χ0) is 13.7. The van der Waals surface area contributed by atoms with Gasteiger partial charge >= 0.3 is 0 Å². The first-order valence-corrected chi connectivity index (χ1v) is 7.92. The maximum absolute atomic E-state index is 12.6. The number of carbonyl (C=O) groups is 1. The van der Waals surface area contributed by atoms with Gasteiger partial charge in [-0.15, -0.1) is 0 Å². The number of amides is 1. The molecule has 2 fully saturated rings. The van der Waals surface area contributed by atoms with E-state index < -0.39 is 0 Å². The Kier molecular flexibility index (Phi) is 5.64. The van der Waals surface area contributed by atoms with E-state index in [4.69, 9.17) is 0 Å². The van der Waals surface area contributed by atoms with Crippen LogP contribution in [0.1, 0.15) is 45.4 Å². The fourth-order valence-electron chi connectivity index (χ4n) is 3.29. The van der Waals surface area contributed by atoms with Crippen molar-refractivity contribution < 1.29 is 4.79 Å². The van der Waals surface area contributed by atoms with Gasteiger partial charge in [-0.25, -0.2) is 0 Å². The molecular formula is C15H29N3O. The van der Waals surface area contributed by atoms with Gasteiger partial charge in [0.05, 0.1) is 6.04 Å². The van der Waals surface area contributed by atoms with Gasteiger partial charge in [-0.2, -0.15) is 0 Å². The summed E-state index contributed by atoms with van der Waals surface area (Å²) in [5.74, 6) is 0.344. The van der Waals surface area contributed by atoms with Crippen LogP contribution >= 0.6 is 0 Å². The third-order valence-electron chi connectivity index (χ3n) is 4.76. The monoisotopic (exact) mass is 267 g/mol. The van der Waals surface area contributed by atoms with E-state index in [9.17, 15) is 4.79 Å². The fourth-order valence-corrected chi connectivity index (χ4v) is 3.29. The molecule has 0 aromatic rings. The molecule has 0 aromatic heterocycles. The highest BCUT2D eigenvalue weighted by Gasteiger charge is 2.28. The van der Waals surface area contributed by atoms with Crippen molar-refractivity contribution >= 4 is 5.91 Å². The van der Waals surface area contributed by atoms with Gasteiger partial charge < -0.3 is 10.2 Å². The lowest BCUT2D eigenvalue weighted by Crippen LogP contribution is -2.51. The molecule has 0 aromatic carbocycles. The van der Waals surface area contributed by atoms with E-state index in [0.29, 0.717) is 11.9 Å². The van der Waals surface area contributed by atoms with Crippen LogP contribution in [0.2, 0.25) is 0 Å². The molecule has 110 valence electrons. The lowest BCUT2D eigenvalue weighted by atomic mass is 10.0. The first kappa shape index (κ1) is 14.8. The number of carbonyl (C=O) groups excluding carboxylic acids is 1. The Labute approximate surface area is 117 Å². The molecule has 0 aliphatic carbocycles. The highest BCUT2D eigenvalue weighted by atomic mass is 16.2. The number of nitrogens with zero attached hydrogens (tertiary/aromatic N) is 2. The van der Waals surface area contributed by atoms with Gasteiger partial charge in [-0.3, -0.25) is 9.69 Å². The number of rotatable bonds is 3. The maximum Gasteiger partial charge on any atom is 0.239 e. The summed E-state index contributed by atoms with van der Waals surface area (Å²) in [5, 5.41) is 3.32. The average molecular weight is 267 g/mol. The van der Waals surface area contributed by atoms with Crippen molar-refractivity contribution in [1.29, 1.82) is 0 Å². The van der Waals surface area contributed by atoms with Crippen molar-refractivity contribution in [3.8, 4) is 0 Å². The van der Waals surface area contributed by atoms with E-state index >= 15 is 0 Å². The van der Waals surface area contributed by atoms with Crippen molar-refractivity contribution in [3.05, 3.63) is 0 Å². The third-order valence-corrected chi connectivity index (χ3v) is 4.76. The van der Waals surface area contributed by atoms with E-state index in [0.717, 1.165) is 39.0 Å². The largest absolute Gasteiger partial charge is 0.341 e. The van der Waals surface area contributed by atoms with Crippen molar-refractivity contribution in [2.45, 2.75) is 57.5 Å². The standard InChI is InChI=1S/C15H29N3O/c1-13(17-9-5-3-4-6-10-17)15(19)18-11-7-14(16-2)8-12-18/h13-14,16H,3-12H2,1-2H3. The highest BCUT2D eigenvalue weighted by Crippen LogP contribution is 2.16. The predicted octanol–water partition coefficient (Wildman–Crippen LogP) is 1.46. The molecule has 0 spiro atoms. The van der Waals surface area contributed by atoms with Crippen LogP contribution in [0.4, 0.5) is 0 Å². The quantitative estimate of drug-likeness (QED) is 0.841. The Hall–Kier alpha value is -0.610. The summed E-state index contributed by atoms with van der Waals surface area (Å²) in [7, 11) is 2.02. The molecule has 4 heteroatoms. The third kappa shape index (κ3) is 3.93. The van der Waals surface area contributed by atoms with Gasteiger partial charge in [-0.1, -0.05) is 12.8 Å². The van der Waals surface area contributed by atoms with Crippen molar-refractivity contribution in [2.24, 2.45) is 0 Å². The van der Waals surface area contributed by atoms with E-state index in [2.05, 4.69) is 22.0 Å². The van der Waals surface area contributed by atoms with Crippen LogP contribution in [-0.4, -0.2) is 61.0 Å². The molecule has 0 saturated carbocycles. The number of piperidine rings is 1. The smallest absolute Gasteiger partial charge is 0.239 e. The SMILES string of the molecule is CNC1CCN(C(=O)C(C)N2CCCCCC2)CC1. The van der Waals surface area contributed by atoms with Crippen LogP contribution in [0.5, 0.6) is 0 Å². The minimum atomic E-state index is 0.0734. The van der Waals surface area contributed by atoms with Crippen LogP contribution in [-0.2, 0) is 4.79 Å². The van der Waals surface area contributed by atoms with Crippen molar-refractivity contribution in [1.82, 2.24) is 15.1 Å². The summed E-state index contributed by atoms with van der Waals surface area (Å²) in [6, 6.07) is 0.668. The van der Waals surface area contributed by atoms with Crippen LogP contribution in [0.25, 0.3) is 0 Å². The number of likely N-dealkylation sites (tertiary alicyclic amines) is 2.